The number of H-pyrrole nitrogens is 2. The fourth-order valence-electron chi connectivity index (χ4n) is 2.86. The minimum atomic E-state index is -1.18. The number of hydrogen-bond acceptors (Lipinski definition) is 4. The number of aromatic nitrogens is 2. The molecular weight excluding hydrogens is 278 g/mol. The van der Waals surface area contributed by atoms with Crippen molar-refractivity contribution >= 4 is 11.9 Å². The van der Waals surface area contributed by atoms with Crippen LogP contribution in [0.3, 0.4) is 0 Å². The van der Waals surface area contributed by atoms with Crippen molar-refractivity contribution in [3.63, 3.8) is 0 Å². The fourth-order valence-corrected chi connectivity index (χ4v) is 2.86. The Morgan fingerprint density at radius 2 is 2.10 bits per heavy atom. The maximum atomic E-state index is 12.3. The number of aliphatic carboxylic acids is 1. The second kappa shape index (κ2) is 5.55. The third-order valence-electron chi connectivity index (χ3n) is 3.93. The van der Waals surface area contributed by atoms with Gasteiger partial charge in [0, 0.05) is 18.3 Å². The third kappa shape index (κ3) is 2.74. The molecule has 1 aromatic rings. The van der Waals surface area contributed by atoms with Crippen molar-refractivity contribution in [2.75, 3.05) is 6.54 Å². The van der Waals surface area contributed by atoms with E-state index in [0.717, 1.165) is 6.07 Å². The van der Waals surface area contributed by atoms with Crippen LogP contribution in [0, 0.1) is 0 Å². The number of hydrogen-bond donors (Lipinski definition) is 3. The summed E-state index contributed by atoms with van der Waals surface area (Å²) in [6, 6.07) is 1.13. The van der Waals surface area contributed by atoms with Crippen molar-refractivity contribution in [3.05, 3.63) is 32.6 Å². The van der Waals surface area contributed by atoms with E-state index in [-0.39, 0.29) is 12.1 Å². The summed E-state index contributed by atoms with van der Waals surface area (Å²) in [5, 5.41) is 9.43. The number of aromatic amines is 2. The van der Waals surface area contributed by atoms with Crippen LogP contribution in [-0.2, 0) is 16.0 Å². The van der Waals surface area contributed by atoms with Gasteiger partial charge in [0.25, 0.3) is 5.56 Å². The van der Waals surface area contributed by atoms with Gasteiger partial charge >= 0.3 is 11.7 Å². The zero-order valence-electron chi connectivity index (χ0n) is 11.6. The van der Waals surface area contributed by atoms with Gasteiger partial charge in [-0.3, -0.25) is 14.6 Å². The van der Waals surface area contributed by atoms with Gasteiger partial charge in [-0.15, -0.1) is 0 Å². The number of nitrogens with one attached hydrogen (secondary N) is 2. The summed E-state index contributed by atoms with van der Waals surface area (Å²) in [4.78, 5) is 52.0. The number of likely N-dealkylation sites (tertiary alicyclic amines) is 1. The smallest absolute Gasteiger partial charge is 0.329 e. The lowest BCUT2D eigenvalue weighted by Crippen LogP contribution is -2.53. The Hall–Kier alpha value is -2.38. The number of nitrogens with zero attached hydrogens (tertiary/aromatic N) is 1. The van der Waals surface area contributed by atoms with Gasteiger partial charge in [-0.1, -0.05) is 6.92 Å². The number of amides is 1. The van der Waals surface area contributed by atoms with Gasteiger partial charge < -0.3 is 15.0 Å². The molecule has 1 saturated heterocycles. The standard InChI is InChI=1S/C13H17N3O5/c1-2-13(11(19)20)4-3-5-16(13)10(18)7-8-6-9(17)15-12(21)14-8/h6H,2-5,7H2,1H3,(H,19,20)(H2,14,15,17,21). The van der Waals surface area contributed by atoms with Crippen molar-refractivity contribution in [1.29, 1.82) is 0 Å². The number of carboxylic acid groups (broad SMARTS) is 1. The molecule has 1 aromatic heterocycles. The highest BCUT2D eigenvalue weighted by Gasteiger charge is 2.48. The van der Waals surface area contributed by atoms with E-state index in [1.165, 1.54) is 4.90 Å². The maximum absolute atomic E-state index is 12.3. The zero-order valence-corrected chi connectivity index (χ0v) is 11.6. The van der Waals surface area contributed by atoms with Crippen LogP contribution in [0.15, 0.2) is 15.7 Å². The van der Waals surface area contributed by atoms with E-state index >= 15 is 0 Å². The van der Waals surface area contributed by atoms with Gasteiger partial charge in [0.15, 0.2) is 0 Å². The van der Waals surface area contributed by atoms with Gasteiger partial charge in [-0.2, -0.15) is 0 Å². The Morgan fingerprint density at radius 1 is 1.38 bits per heavy atom. The molecule has 0 bridgehead atoms. The van der Waals surface area contributed by atoms with E-state index in [1.807, 2.05) is 4.98 Å². The van der Waals surface area contributed by atoms with Crippen molar-refractivity contribution < 1.29 is 14.7 Å². The SMILES string of the molecule is CCC1(C(=O)O)CCCN1C(=O)Cc1cc(=O)[nH]c(=O)[nH]1. The van der Waals surface area contributed by atoms with E-state index in [9.17, 15) is 24.3 Å². The minimum absolute atomic E-state index is 0.177. The second-order valence-corrected chi connectivity index (χ2v) is 5.13. The van der Waals surface area contributed by atoms with E-state index in [1.54, 1.807) is 6.92 Å². The van der Waals surface area contributed by atoms with Crippen LogP contribution in [0.1, 0.15) is 31.9 Å². The molecule has 1 fully saturated rings. The van der Waals surface area contributed by atoms with Crippen molar-refractivity contribution in [2.24, 2.45) is 0 Å². The summed E-state index contributed by atoms with van der Waals surface area (Å²) < 4.78 is 0. The van der Waals surface area contributed by atoms with Crippen LogP contribution in [0.2, 0.25) is 0 Å². The highest BCUT2D eigenvalue weighted by atomic mass is 16.4. The van der Waals surface area contributed by atoms with Crippen LogP contribution in [0.25, 0.3) is 0 Å². The van der Waals surface area contributed by atoms with Crippen LogP contribution >= 0.6 is 0 Å². The molecule has 0 saturated carbocycles. The molecule has 21 heavy (non-hydrogen) atoms. The number of carbonyl (C=O) groups excluding carboxylic acids is 1. The molecule has 2 rings (SSSR count). The first kappa shape index (κ1) is 15.0. The van der Waals surface area contributed by atoms with Crippen molar-refractivity contribution in [1.82, 2.24) is 14.9 Å². The molecule has 1 unspecified atom stereocenters. The van der Waals surface area contributed by atoms with E-state index < -0.39 is 28.7 Å². The molecule has 2 heterocycles. The lowest BCUT2D eigenvalue weighted by molar-refractivity contribution is -0.156. The van der Waals surface area contributed by atoms with Crippen LogP contribution in [0.5, 0.6) is 0 Å². The molecule has 0 aliphatic carbocycles. The molecule has 1 aliphatic heterocycles. The summed E-state index contributed by atoms with van der Waals surface area (Å²) in [7, 11) is 0. The summed E-state index contributed by atoms with van der Waals surface area (Å²) in [6.45, 7) is 2.10. The Balaban J connectivity index is 2.25. The third-order valence-corrected chi connectivity index (χ3v) is 3.93. The lowest BCUT2D eigenvalue weighted by atomic mass is 9.92. The van der Waals surface area contributed by atoms with Gasteiger partial charge in [0.2, 0.25) is 5.91 Å². The fraction of sp³-hybridized carbons (Fsp3) is 0.538. The maximum Gasteiger partial charge on any atom is 0.329 e. The molecule has 8 nitrogen and oxygen atoms in total. The van der Waals surface area contributed by atoms with E-state index in [2.05, 4.69) is 4.98 Å². The summed E-state index contributed by atoms with van der Waals surface area (Å²) >= 11 is 0. The Morgan fingerprint density at radius 3 is 2.67 bits per heavy atom. The number of rotatable bonds is 4. The molecule has 0 aromatic carbocycles. The predicted molar refractivity (Wildman–Crippen MR) is 73.0 cm³/mol. The second-order valence-electron chi connectivity index (χ2n) is 5.13. The molecule has 1 atom stereocenters. The topological polar surface area (TPSA) is 123 Å². The van der Waals surface area contributed by atoms with Crippen molar-refractivity contribution in [2.45, 2.75) is 38.1 Å². The Labute approximate surface area is 119 Å². The highest BCUT2D eigenvalue weighted by molar-refractivity contribution is 5.88. The number of carboxylic acids is 1. The molecule has 114 valence electrons. The molecule has 1 aliphatic rings. The molecular formula is C13H17N3O5. The van der Waals surface area contributed by atoms with Crippen LogP contribution < -0.4 is 11.2 Å². The summed E-state index contributed by atoms with van der Waals surface area (Å²) in [5.74, 6) is -1.42. The first-order valence-electron chi connectivity index (χ1n) is 6.75. The zero-order chi connectivity index (χ0) is 15.6. The average Bonchev–Trinajstić information content (AvgIpc) is 2.82. The molecule has 1 amide bonds. The molecule has 8 heteroatoms. The van der Waals surface area contributed by atoms with Crippen molar-refractivity contribution in [3.8, 4) is 0 Å². The molecule has 0 radical (unpaired) electrons. The van der Waals surface area contributed by atoms with E-state index in [0.29, 0.717) is 25.8 Å². The highest BCUT2D eigenvalue weighted by Crippen LogP contribution is 2.33. The Kier molecular flexibility index (Phi) is 3.97. The quantitative estimate of drug-likeness (QED) is 0.688. The average molecular weight is 295 g/mol. The first-order chi connectivity index (χ1) is 9.89. The minimum Gasteiger partial charge on any atom is -0.479 e. The van der Waals surface area contributed by atoms with Gasteiger partial charge in [0.05, 0.1) is 6.42 Å². The van der Waals surface area contributed by atoms with Gasteiger partial charge in [-0.25, -0.2) is 9.59 Å². The van der Waals surface area contributed by atoms with Crippen LogP contribution in [0.4, 0.5) is 0 Å². The summed E-state index contributed by atoms with van der Waals surface area (Å²) in [5.41, 5.74) is -2.29. The Bertz CT molecular complexity index is 649. The number of carbonyl (C=O) groups is 2. The van der Waals surface area contributed by atoms with E-state index in [4.69, 9.17) is 0 Å². The van der Waals surface area contributed by atoms with Gasteiger partial charge in [0.1, 0.15) is 5.54 Å². The monoisotopic (exact) mass is 295 g/mol. The summed E-state index contributed by atoms with van der Waals surface area (Å²) in [6.07, 6.45) is 1.16. The molecule has 0 spiro atoms. The van der Waals surface area contributed by atoms with Gasteiger partial charge in [-0.05, 0) is 19.3 Å². The normalized spacial score (nSPS) is 21.5. The predicted octanol–water partition coefficient (Wildman–Crippen LogP) is -0.538. The lowest BCUT2D eigenvalue weighted by Gasteiger charge is -2.33. The largest absolute Gasteiger partial charge is 0.479 e. The first-order valence-corrected chi connectivity index (χ1v) is 6.75. The van der Waals surface area contributed by atoms with Crippen LogP contribution in [-0.4, -0.2) is 43.9 Å². The molecule has 3 N–H and O–H groups in total.